The number of likely N-dealkylation sites (tertiary alicyclic amines) is 1. The molecule has 1 aromatic heterocycles. The van der Waals surface area contributed by atoms with E-state index in [0.717, 1.165) is 30.4 Å². The minimum Gasteiger partial charge on any atom is -0.370 e. The third kappa shape index (κ3) is 5.06. The van der Waals surface area contributed by atoms with Crippen molar-refractivity contribution in [1.29, 1.82) is 0 Å². The van der Waals surface area contributed by atoms with Crippen LogP contribution in [-0.4, -0.2) is 40.1 Å². The number of carbonyl (C=O) groups is 2. The van der Waals surface area contributed by atoms with Crippen molar-refractivity contribution in [2.45, 2.75) is 39.2 Å². The molecule has 0 saturated carbocycles. The summed E-state index contributed by atoms with van der Waals surface area (Å²) >= 11 is 0. The molecule has 1 aliphatic heterocycles. The fourth-order valence-corrected chi connectivity index (χ4v) is 3.35. The van der Waals surface area contributed by atoms with Gasteiger partial charge in [-0.25, -0.2) is 4.79 Å². The second-order valence-corrected chi connectivity index (χ2v) is 6.94. The molecule has 0 bridgehead atoms. The number of rotatable bonds is 6. The Morgan fingerprint density at radius 3 is 2.96 bits per heavy atom. The van der Waals surface area contributed by atoms with Gasteiger partial charge in [0.25, 0.3) is 0 Å². The van der Waals surface area contributed by atoms with E-state index in [1.807, 2.05) is 31.2 Å². The van der Waals surface area contributed by atoms with Gasteiger partial charge in [0, 0.05) is 25.1 Å². The lowest BCUT2D eigenvalue weighted by atomic mass is 9.93. The highest BCUT2D eigenvalue weighted by atomic mass is 16.5. The van der Waals surface area contributed by atoms with E-state index >= 15 is 0 Å². The van der Waals surface area contributed by atoms with Crippen molar-refractivity contribution in [3.05, 3.63) is 35.7 Å². The van der Waals surface area contributed by atoms with Gasteiger partial charge >= 0.3 is 6.03 Å². The van der Waals surface area contributed by atoms with Crippen LogP contribution in [0.1, 0.15) is 37.1 Å². The smallest absolute Gasteiger partial charge is 0.317 e. The molecule has 2 heterocycles. The Morgan fingerprint density at radius 1 is 1.37 bits per heavy atom. The van der Waals surface area contributed by atoms with Crippen molar-refractivity contribution < 1.29 is 14.1 Å². The topological polar surface area (TPSA) is 114 Å². The normalized spacial score (nSPS) is 16.9. The molecule has 1 fully saturated rings. The largest absolute Gasteiger partial charge is 0.370 e. The number of nitrogens with zero attached hydrogens (tertiary/aromatic N) is 3. The van der Waals surface area contributed by atoms with E-state index < -0.39 is 0 Å². The molecule has 3 N–H and O–H groups in total. The van der Waals surface area contributed by atoms with Crippen molar-refractivity contribution in [1.82, 2.24) is 20.4 Å². The standard InChI is InChI=1S/C19H25N5O3/c1-13-5-2-3-7-15(13)18-22-17(27-23-18)11-21-19(26)24-10-4-6-14(12-24)8-9-16(20)25/h2-3,5,7,14H,4,6,8-12H2,1H3,(H2,20,25)(H,21,26)/t14-/m0/s1. The van der Waals surface area contributed by atoms with E-state index in [9.17, 15) is 9.59 Å². The lowest BCUT2D eigenvalue weighted by molar-refractivity contribution is -0.118. The maximum Gasteiger partial charge on any atom is 0.317 e. The van der Waals surface area contributed by atoms with Crippen LogP contribution in [0.3, 0.4) is 0 Å². The van der Waals surface area contributed by atoms with Crippen LogP contribution in [0.4, 0.5) is 4.79 Å². The zero-order chi connectivity index (χ0) is 19.2. The molecule has 8 nitrogen and oxygen atoms in total. The molecule has 1 aliphatic rings. The molecule has 1 atom stereocenters. The number of nitrogens with two attached hydrogens (primary N) is 1. The Balaban J connectivity index is 1.52. The molecule has 0 unspecified atom stereocenters. The van der Waals surface area contributed by atoms with E-state index in [-0.39, 0.29) is 18.5 Å². The number of benzene rings is 1. The van der Waals surface area contributed by atoms with E-state index in [4.69, 9.17) is 10.3 Å². The number of aromatic nitrogens is 2. The zero-order valence-electron chi connectivity index (χ0n) is 15.5. The molecule has 0 spiro atoms. The SMILES string of the molecule is Cc1ccccc1-c1noc(CNC(=O)N2CCC[C@@H](CCC(N)=O)C2)n1. The van der Waals surface area contributed by atoms with Gasteiger partial charge in [-0.15, -0.1) is 0 Å². The molecular formula is C19H25N5O3. The number of hydrogen-bond acceptors (Lipinski definition) is 5. The van der Waals surface area contributed by atoms with E-state index in [0.29, 0.717) is 37.1 Å². The summed E-state index contributed by atoms with van der Waals surface area (Å²) in [5, 5.41) is 6.83. The number of nitrogens with one attached hydrogen (secondary N) is 1. The molecule has 8 heteroatoms. The first-order valence-electron chi connectivity index (χ1n) is 9.22. The van der Waals surface area contributed by atoms with Gasteiger partial charge < -0.3 is 20.5 Å². The summed E-state index contributed by atoms with van der Waals surface area (Å²) < 4.78 is 5.25. The van der Waals surface area contributed by atoms with Crippen LogP contribution in [0.2, 0.25) is 0 Å². The van der Waals surface area contributed by atoms with Crippen molar-refractivity contribution in [2.24, 2.45) is 11.7 Å². The summed E-state index contributed by atoms with van der Waals surface area (Å²) in [4.78, 5) is 29.5. The molecule has 2 aromatic rings. The van der Waals surface area contributed by atoms with Gasteiger partial charge in [0.15, 0.2) is 0 Å². The predicted octanol–water partition coefficient (Wildman–Crippen LogP) is 2.23. The third-order valence-corrected chi connectivity index (χ3v) is 4.85. The van der Waals surface area contributed by atoms with Gasteiger partial charge in [-0.05, 0) is 37.7 Å². The Labute approximate surface area is 158 Å². The molecule has 27 heavy (non-hydrogen) atoms. The van der Waals surface area contributed by atoms with Crippen LogP contribution < -0.4 is 11.1 Å². The predicted molar refractivity (Wildman–Crippen MR) is 99.4 cm³/mol. The van der Waals surface area contributed by atoms with Gasteiger partial charge in [0.05, 0.1) is 6.54 Å². The first-order chi connectivity index (χ1) is 13.0. The number of urea groups is 1. The first-order valence-corrected chi connectivity index (χ1v) is 9.22. The maximum absolute atomic E-state index is 12.4. The summed E-state index contributed by atoms with van der Waals surface area (Å²) in [5.74, 6) is 0.899. The highest BCUT2D eigenvalue weighted by Crippen LogP contribution is 2.21. The van der Waals surface area contributed by atoms with E-state index in [2.05, 4.69) is 15.5 Å². The minimum absolute atomic E-state index is 0.158. The fourth-order valence-electron chi connectivity index (χ4n) is 3.35. The van der Waals surface area contributed by atoms with E-state index in [1.165, 1.54) is 0 Å². The highest BCUT2D eigenvalue weighted by molar-refractivity contribution is 5.74. The summed E-state index contributed by atoms with van der Waals surface area (Å²) in [7, 11) is 0. The molecule has 3 amide bonds. The van der Waals surface area contributed by atoms with Crippen molar-refractivity contribution >= 4 is 11.9 Å². The number of carbonyl (C=O) groups excluding carboxylic acids is 2. The van der Waals surface area contributed by atoms with Gasteiger partial charge in [-0.1, -0.05) is 29.4 Å². The third-order valence-electron chi connectivity index (χ3n) is 4.85. The van der Waals surface area contributed by atoms with Crippen LogP contribution in [0.15, 0.2) is 28.8 Å². The number of piperidine rings is 1. The number of primary amides is 1. The molecule has 0 radical (unpaired) electrons. The first kappa shape index (κ1) is 18.9. The van der Waals surface area contributed by atoms with E-state index in [1.54, 1.807) is 4.90 Å². The number of aryl methyl sites for hydroxylation is 1. The van der Waals surface area contributed by atoms with Gasteiger partial charge in [-0.2, -0.15) is 4.98 Å². The fraction of sp³-hybridized carbons (Fsp3) is 0.474. The van der Waals surface area contributed by atoms with Crippen molar-refractivity contribution in [2.75, 3.05) is 13.1 Å². The molecule has 144 valence electrons. The van der Waals surface area contributed by atoms with Crippen LogP contribution in [0.5, 0.6) is 0 Å². The van der Waals surface area contributed by atoms with Crippen LogP contribution in [-0.2, 0) is 11.3 Å². The summed E-state index contributed by atoms with van der Waals surface area (Å²) in [5.41, 5.74) is 7.18. The summed E-state index contributed by atoms with van der Waals surface area (Å²) in [6.07, 6.45) is 3.03. The monoisotopic (exact) mass is 371 g/mol. The maximum atomic E-state index is 12.4. The minimum atomic E-state index is -0.294. The van der Waals surface area contributed by atoms with Gasteiger partial charge in [0.1, 0.15) is 0 Å². The Bertz CT molecular complexity index is 804. The number of hydrogen-bond donors (Lipinski definition) is 2. The average Bonchev–Trinajstić information content (AvgIpc) is 3.14. The second-order valence-electron chi connectivity index (χ2n) is 6.94. The van der Waals surface area contributed by atoms with Gasteiger partial charge in [0.2, 0.25) is 17.6 Å². The Hall–Kier alpha value is -2.90. The zero-order valence-corrected chi connectivity index (χ0v) is 15.5. The Kier molecular flexibility index (Phi) is 6.05. The molecule has 1 saturated heterocycles. The quantitative estimate of drug-likeness (QED) is 0.808. The summed E-state index contributed by atoms with van der Waals surface area (Å²) in [6.45, 7) is 3.51. The lowest BCUT2D eigenvalue weighted by Crippen LogP contribution is -2.45. The summed E-state index contributed by atoms with van der Waals surface area (Å²) in [6, 6.07) is 7.63. The molecule has 0 aliphatic carbocycles. The van der Waals surface area contributed by atoms with Crippen LogP contribution >= 0.6 is 0 Å². The number of amides is 3. The highest BCUT2D eigenvalue weighted by Gasteiger charge is 2.24. The average molecular weight is 371 g/mol. The second kappa shape index (κ2) is 8.66. The molecule has 3 rings (SSSR count). The van der Waals surface area contributed by atoms with Crippen LogP contribution in [0.25, 0.3) is 11.4 Å². The molecular weight excluding hydrogens is 346 g/mol. The molecule has 1 aromatic carbocycles. The van der Waals surface area contributed by atoms with Crippen molar-refractivity contribution in [3.8, 4) is 11.4 Å². The Morgan fingerprint density at radius 2 is 2.19 bits per heavy atom. The van der Waals surface area contributed by atoms with Gasteiger partial charge in [-0.3, -0.25) is 4.79 Å². The lowest BCUT2D eigenvalue weighted by Gasteiger charge is -2.32. The van der Waals surface area contributed by atoms with Crippen LogP contribution in [0, 0.1) is 12.8 Å². The van der Waals surface area contributed by atoms with Crippen molar-refractivity contribution in [3.63, 3.8) is 0 Å².